The first kappa shape index (κ1) is 22.8. The van der Waals surface area contributed by atoms with Crippen molar-refractivity contribution in [3.05, 3.63) is 65.7 Å². The zero-order valence-corrected chi connectivity index (χ0v) is 15.8. The molecule has 2 aromatic rings. The monoisotopic (exact) mass is 476 g/mol. The third-order valence-electron chi connectivity index (χ3n) is 3.64. The number of nitrogens with zero attached hydrogens (tertiary/aromatic N) is 2. The maximum atomic E-state index is 13.5. The topological polar surface area (TPSA) is 120 Å². The number of rotatable bonds is 6. The van der Waals surface area contributed by atoms with Gasteiger partial charge in [-0.15, -0.1) is 0 Å². The van der Waals surface area contributed by atoms with E-state index in [9.17, 15) is 46.2 Å². The van der Waals surface area contributed by atoms with Crippen LogP contribution in [0.5, 0.6) is 0 Å². The predicted molar refractivity (Wildman–Crippen MR) is 91.6 cm³/mol. The van der Waals surface area contributed by atoms with Gasteiger partial charge in [0.2, 0.25) is 9.84 Å². The van der Waals surface area contributed by atoms with E-state index in [2.05, 4.69) is 0 Å². The molecular weight excluding hydrogens is 471 g/mol. The molecule has 2 aromatic carbocycles. The Bertz CT molecular complexity index is 1050. The van der Waals surface area contributed by atoms with Crippen molar-refractivity contribution >= 4 is 44.4 Å². The molecule has 0 saturated carbocycles. The van der Waals surface area contributed by atoms with Crippen LogP contribution in [0.2, 0.25) is 10.0 Å². The lowest BCUT2D eigenvalue weighted by atomic mass is 10.2. The van der Waals surface area contributed by atoms with Gasteiger partial charge < -0.3 is 0 Å². The van der Waals surface area contributed by atoms with Crippen LogP contribution in [-0.2, 0) is 9.84 Å². The smallest absolute Gasteiger partial charge is 0.258 e. The molecule has 156 valence electrons. The SMILES string of the molecule is O=[N+]([O-])c1c(Cl)ccc(S(=O)(=O)c2ccc(Cl)c([N+](=O)[O-])c2C(F)F)c1C(F)F. The van der Waals surface area contributed by atoms with E-state index in [1.807, 2.05) is 0 Å². The van der Waals surface area contributed by atoms with Gasteiger partial charge in [-0.05, 0) is 24.3 Å². The number of nitro groups is 2. The summed E-state index contributed by atoms with van der Waals surface area (Å²) in [7, 11) is -5.32. The number of halogens is 6. The summed E-state index contributed by atoms with van der Waals surface area (Å²) < 4.78 is 79.7. The maximum Gasteiger partial charge on any atom is 0.298 e. The second kappa shape index (κ2) is 8.08. The van der Waals surface area contributed by atoms with Crippen LogP contribution in [0.3, 0.4) is 0 Å². The molecule has 0 N–H and O–H groups in total. The fourth-order valence-electron chi connectivity index (χ4n) is 2.51. The van der Waals surface area contributed by atoms with E-state index in [4.69, 9.17) is 23.2 Å². The summed E-state index contributed by atoms with van der Waals surface area (Å²) >= 11 is 11.0. The molecule has 0 atom stereocenters. The van der Waals surface area contributed by atoms with Crippen LogP contribution in [0.4, 0.5) is 28.9 Å². The highest BCUT2D eigenvalue weighted by Gasteiger charge is 2.39. The Morgan fingerprint density at radius 2 is 1.07 bits per heavy atom. The molecule has 0 saturated heterocycles. The van der Waals surface area contributed by atoms with Crippen molar-refractivity contribution in [1.82, 2.24) is 0 Å². The summed E-state index contributed by atoms with van der Waals surface area (Å²) in [5, 5.41) is 20.5. The van der Waals surface area contributed by atoms with Crippen LogP contribution in [0.15, 0.2) is 34.1 Å². The first-order valence-electron chi connectivity index (χ1n) is 7.07. The first-order chi connectivity index (χ1) is 13.3. The summed E-state index contributed by atoms with van der Waals surface area (Å²) in [6.07, 6.45) is -7.48. The number of hydrogen-bond acceptors (Lipinski definition) is 6. The van der Waals surface area contributed by atoms with Gasteiger partial charge in [0, 0.05) is 0 Å². The van der Waals surface area contributed by atoms with E-state index in [0.717, 1.165) is 0 Å². The van der Waals surface area contributed by atoms with Gasteiger partial charge in [0.05, 0.1) is 19.6 Å². The molecule has 0 spiro atoms. The highest BCUT2D eigenvalue weighted by atomic mass is 35.5. The molecule has 0 aliphatic rings. The van der Waals surface area contributed by atoms with Crippen molar-refractivity contribution in [2.24, 2.45) is 0 Å². The molecule has 2 rings (SSSR count). The van der Waals surface area contributed by atoms with Crippen molar-refractivity contribution in [2.45, 2.75) is 22.6 Å². The van der Waals surface area contributed by atoms with Crippen molar-refractivity contribution in [3.63, 3.8) is 0 Å². The molecule has 0 unspecified atom stereocenters. The number of benzene rings is 2. The van der Waals surface area contributed by atoms with Crippen molar-refractivity contribution in [3.8, 4) is 0 Å². The average Bonchev–Trinajstić information content (AvgIpc) is 2.59. The summed E-state index contributed by atoms with van der Waals surface area (Å²) in [5.41, 5.74) is -6.16. The largest absolute Gasteiger partial charge is 0.298 e. The highest BCUT2D eigenvalue weighted by Crippen LogP contribution is 2.45. The van der Waals surface area contributed by atoms with Crippen LogP contribution < -0.4 is 0 Å². The van der Waals surface area contributed by atoms with E-state index in [0.29, 0.717) is 24.3 Å². The molecular formula is C14H6Cl2F4N2O6S. The predicted octanol–water partition coefficient (Wildman–Crippen LogP) is 5.52. The highest BCUT2D eigenvalue weighted by molar-refractivity contribution is 7.91. The van der Waals surface area contributed by atoms with Gasteiger partial charge in [-0.3, -0.25) is 20.2 Å². The Morgan fingerprint density at radius 1 is 0.759 bits per heavy atom. The number of nitro benzene ring substituents is 2. The molecule has 0 heterocycles. The third kappa shape index (κ3) is 3.97. The minimum absolute atomic E-state index is 0.460. The van der Waals surface area contributed by atoms with Crippen LogP contribution in [0, 0.1) is 20.2 Å². The molecule has 0 radical (unpaired) electrons. The molecule has 0 aliphatic carbocycles. The van der Waals surface area contributed by atoms with Crippen molar-refractivity contribution in [2.75, 3.05) is 0 Å². The number of alkyl halides is 4. The van der Waals surface area contributed by atoms with E-state index >= 15 is 0 Å². The molecule has 8 nitrogen and oxygen atoms in total. The molecule has 0 bridgehead atoms. The Balaban J connectivity index is 3.00. The number of sulfone groups is 1. The molecule has 0 aliphatic heterocycles. The average molecular weight is 477 g/mol. The molecule has 0 amide bonds. The Morgan fingerprint density at radius 3 is 1.31 bits per heavy atom. The van der Waals surface area contributed by atoms with Crippen LogP contribution >= 0.6 is 23.2 Å². The molecule has 0 aromatic heterocycles. The summed E-state index contributed by atoms with van der Waals surface area (Å²) in [6, 6.07) is 2.15. The van der Waals surface area contributed by atoms with Gasteiger partial charge in [0.1, 0.15) is 21.2 Å². The third-order valence-corrected chi connectivity index (χ3v) is 6.12. The van der Waals surface area contributed by atoms with Crippen molar-refractivity contribution < 1.29 is 35.8 Å². The first-order valence-corrected chi connectivity index (χ1v) is 9.31. The Kier molecular flexibility index (Phi) is 6.35. The molecule has 15 heteroatoms. The van der Waals surface area contributed by atoms with Gasteiger partial charge in [-0.2, -0.15) is 0 Å². The minimum atomic E-state index is -5.32. The fraction of sp³-hybridized carbons (Fsp3) is 0.143. The maximum absolute atomic E-state index is 13.5. The zero-order chi connectivity index (χ0) is 22.3. The van der Waals surface area contributed by atoms with Crippen LogP contribution in [0.25, 0.3) is 0 Å². The molecule has 0 fully saturated rings. The lowest BCUT2D eigenvalue weighted by molar-refractivity contribution is -0.386. The zero-order valence-electron chi connectivity index (χ0n) is 13.5. The Labute approximate surface area is 168 Å². The van der Waals surface area contributed by atoms with E-state index in [-0.39, 0.29) is 0 Å². The Hall–Kier alpha value is -2.51. The normalized spacial score (nSPS) is 11.9. The van der Waals surface area contributed by atoms with Gasteiger partial charge in [-0.25, -0.2) is 26.0 Å². The quantitative estimate of drug-likeness (QED) is 0.307. The summed E-state index contributed by atoms with van der Waals surface area (Å²) in [5.74, 6) is 0. The second-order valence-electron chi connectivity index (χ2n) is 5.23. The second-order valence-corrected chi connectivity index (χ2v) is 7.94. The number of hydrogen-bond donors (Lipinski definition) is 0. The minimum Gasteiger partial charge on any atom is -0.258 e. The van der Waals surface area contributed by atoms with E-state index in [1.165, 1.54) is 0 Å². The van der Waals surface area contributed by atoms with E-state index in [1.54, 1.807) is 0 Å². The van der Waals surface area contributed by atoms with Gasteiger partial charge >= 0.3 is 0 Å². The molecule has 29 heavy (non-hydrogen) atoms. The van der Waals surface area contributed by atoms with Gasteiger partial charge in [-0.1, -0.05) is 23.2 Å². The fourth-order valence-corrected chi connectivity index (χ4v) is 4.66. The lowest BCUT2D eigenvalue weighted by Gasteiger charge is -2.14. The summed E-state index contributed by atoms with van der Waals surface area (Å²) in [6.45, 7) is 0. The summed E-state index contributed by atoms with van der Waals surface area (Å²) in [4.78, 5) is 16.7. The van der Waals surface area contributed by atoms with Crippen LogP contribution in [0.1, 0.15) is 24.0 Å². The van der Waals surface area contributed by atoms with E-state index < -0.39 is 74.9 Å². The van der Waals surface area contributed by atoms with Crippen LogP contribution in [-0.4, -0.2) is 18.3 Å². The lowest BCUT2D eigenvalue weighted by Crippen LogP contribution is -2.12. The standard InChI is InChI=1S/C14H6Cl2F4N2O6S/c15-5-1-3-7(9(13(17)18)11(5)21(23)24)29(27,28)8-4-2-6(16)12(22(25)26)10(8)14(19)20/h1-4,13-14H. The van der Waals surface area contributed by atoms with Gasteiger partial charge in [0.15, 0.2) is 0 Å². The van der Waals surface area contributed by atoms with Gasteiger partial charge in [0.25, 0.3) is 24.2 Å². The van der Waals surface area contributed by atoms with Crippen molar-refractivity contribution in [1.29, 1.82) is 0 Å².